The highest BCUT2D eigenvalue weighted by molar-refractivity contribution is 5.59. The zero-order valence-electron chi connectivity index (χ0n) is 8.61. The third-order valence-electron chi connectivity index (χ3n) is 2.09. The zero-order valence-corrected chi connectivity index (χ0v) is 8.61. The van der Waals surface area contributed by atoms with Gasteiger partial charge in [-0.3, -0.25) is 0 Å². The summed E-state index contributed by atoms with van der Waals surface area (Å²) in [6, 6.07) is 8.21. The van der Waals surface area contributed by atoms with Crippen LogP contribution in [0.5, 0.6) is 0 Å². The molecule has 0 aliphatic heterocycles. The molecule has 1 heterocycles. The molecule has 2 aromatic rings. The maximum absolute atomic E-state index is 13.3. The molecule has 0 atom stereocenters. The average Bonchev–Trinajstić information content (AvgIpc) is 2.34. The Bertz CT molecular complexity index is 573. The van der Waals surface area contributed by atoms with E-state index in [0.717, 1.165) is 12.1 Å². The second-order valence-electron chi connectivity index (χ2n) is 3.29. The van der Waals surface area contributed by atoms with Crippen molar-refractivity contribution < 1.29 is 8.78 Å². The summed E-state index contributed by atoms with van der Waals surface area (Å²) in [6.45, 7) is 0. The van der Waals surface area contributed by atoms with Gasteiger partial charge in [-0.15, -0.1) is 0 Å². The molecular formula is C12H7F2N3. The first-order valence-corrected chi connectivity index (χ1v) is 4.77. The molecule has 1 aromatic carbocycles. The van der Waals surface area contributed by atoms with Crippen LogP contribution in [0.2, 0.25) is 0 Å². The second kappa shape index (κ2) is 4.58. The fourth-order valence-electron chi connectivity index (χ4n) is 1.28. The van der Waals surface area contributed by atoms with E-state index < -0.39 is 11.6 Å². The summed E-state index contributed by atoms with van der Waals surface area (Å²) < 4.78 is 26.0. The summed E-state index contributed by atoms with van der Waals surface area (Å²) in [7, 11) is 0. The van der Waals surface area contributed by atoms with E-state index in [1.807, 2.05) is 6.07 Å². The van der Waals surface area contributed by atoms with Gasteiger partial charge in [0, 0.05) is 6.07 Å². The molecule has 0 spiro atoms. The van der Waals surface area contributed by atoms with E-state index in [1.165, 1.54) is 18.3 Å². The molecule has 0 aliphatic rings. The number of benzene rings is 1. The topological polar surface area (TPSA) is 48.7 Å². The van der Waals surface area contributed by atoms with Crippen LogP contribution in [0.15, 0.2) is 36.5 Å². The van der Waals surface area contributed by atoms with Gasteiger partial charge in [0.2, 0.25) is 0 Å². The zero-order chi connectivity index (χ0) is 12.3. The van der Waals surface area contributed by atoms with Crippen molar-refractivity contribution in [2.45, 2.75) is 0 Å². The van der Waals surface area contributed by atoms with Crippen LogP contribution in [0.3, 0.4) is 0 Å². The van der Waals surface area contributed by atoms with Gasteiger partial charge >= 0.3 is 0 Å². The number of nitriles is 1. The molecule has 1 N–H and O–H groups in total. The van der Waals surface area contributed by atoms with Crippen LogP contribution in [-0.4, -0.2) is 4.98 Å². The van der Waals surface area contributed by atoms with Crippen LogP contribution in [0, 0.1) is 23.0 Å². The van der Waals surface area contributed by atoms with Gasteiger partial charge < -0.3 is 5.32 Å². The van der Waals surface area contributed by atoms with Gasteiger partial charge in [0.15, 0.2) is 0 Å². The smallest absolute Gasteiger partial charge is 0.149 e. The molecule has 5 heteroatoms. The van der Waals surface area contributed by atoms with Crippen molar-refractivity contribution in [3.05, 3.63) is 53.9 Å². The molecule has 3 nitrogen and oxygen atoms in total. The molecule has 0 radical (unpaired) electrons. The van der Waals surface area contributed by atoms with E-state index in [0.29, 0.717) is 5.69 Å². The van der Waals surface area contributed by atoms with E-state index >= 15 is 0 Å². The van der Waals surface area contributed by atoms with Crippen molar-refractivity contribution in [3.8, 4) is 6.07 Å². The fourth-order valence-corrected chi connectivity index (χ4v) is 1.28. The number of halogens is 2. The molecule has 0 saturated carbocycles. The fraction of sp³-hybridized carbons (Fsp3) is 0. The van der Waals surface area contributed by atoms with E-state index in [-0.39, 0.29) is 11.4 Å². The Morgan fingerprint density at radius 1 is 1.18 bits per heavy atom. The van der Waals surface area contributed by atoms with Gasteiger partial charge in [0.1, 0.15) is 23.4 Å². The first kappa shape index (κ1) is 11.0. The third kappa shape index (κ3) is 2.55. The normalized spacial score (nSPS) is 9.71. The van der Waals surface area contributed by atoms with Crippen LogP contribution in [0.1, 0.15) is 5.69 Å². The van der Waals surface area contributed by atoms with Crippen molar-refractivity contribution in [2.24, 2.45) is 0 Å². The lowest BCUT2D eigenvalue weighted by atomic mass is 10.2. The Labute approximate surface area is 96.3 Å². The lowest BCUT2D eigenvalue weighted by Crippen LogP contribution is -1.95. The number of hydrogen-bond acceptors (Lipinski definition) is 3. The van der Waals surface area contributed by atoms with Gasteiger partial charge in [-0.05, 0) is 24.3 Å². The number of rotatable bonds is 2. The molecular weight excluding hydrogens is 224 g/mol. The first-order chi connectivity index (χ1) is 8.19. The number of hydrogen-bond donors (Lipinski definition) is 1. The second-order valence-corrected chi connectivity index (χ2v) is 3.29. The van der Waals surface area contributed by atoms with Crippen LogP contribution < -0.4 is 5.32 Å². The largest absolute Gasteiger partial charge is 0.352 e. The van der Waals surface area contributed by atoms with Crippen molar-refractivity contribution in [1.82, 2.24) is 4.98 Å². The molecule has 0 fully saturated rings. The summed E-state index contributed by atoms with van der Waals surface area (Å²) in [5.41, 5.74) is 0.947. The molecule has 17 heavy (non-hydrogen) atoms. The predicted molar refractivity (Wildman–Crippen MR) is 58.6 cm³/mol. The van der Waals surface area contributed by atoms with E-state index in [9.17, 15) is 8.78 Å². The molecule has 0 bridgehead atoms. The number of nitrogens with zero attached hydrogens (tertiary/aromatic N) is 2. The van der Waals surface area contributed by atoms with Crippen LogP contribution >= 0.6 is 0 Å². The van der Waals surface area contributed by atoms with Crippen molar-refractivity contribution >= 4 is 11.4 Å². The Hall–Kier alpha value is -2.48. The highest BCUT2D eigenvalue weighted by Gasteiger charge is 2.04. The highest BCUT2D eigenvalue weighted by atomic mass is 19.1. The summed E-state index contributed by atoms with van der Waals surface area (Å²) >= 11 is 0. The van der Waals surface area contributed by atoms with Gasteiger partial charge in [-0.2, -0.15) is 5.26 Å². The molecule has 2 rings (SSSR count). The number of anilines is 2. The van der Waals surface area contributed by atoms with E-state index in [1.54, 1.807) is 6.07 Å². The van der Waals surface area contributed by atoms with Crippen LogP contribution in [0.4, 0.5) is 20.2 Å². The first-order valence-electron chi connectivity index (χ1n) is 4.77. The van der Waals surface area contributed by atoms with Gasteiger partial charge in [-0.25, -0.2) is 13.8 Å². The lowest BCUT2D eigenvalue weighted by molar-refractivity contribution is 0.586. The van der Waals surface area contributed by atoms with E-state index in [2.05, 4.69) is 10.3 Å². The number of nitrogens with one attached hydrogen (secondary N) is 1. The standard InChI is InChI=1S/C12H7F2N3/c13-8-1-4-12(11(14)5-8)17-10-3-2-9(6-15)16-7-10/h1-5,7,17H. The Kier molecular flexibility index (Phi) is 2.97. The Balaban J connectivity index is 2.23. The minimum atomic E-state index is -0.686. The molecule has 0 unspecified atom stereocenters. The quantitative estimate of drug-likeness (QED) is 0.864. The predicted octanol–water partition coefficient (Wildman–Crippen LogP) is 2.98. The molecule has 0 aliphatic carbocycles. The van der Waals surface area contributed by atoms with Gasteiger partial charge in [0.25, 0.3) is 0 Å². The summed E-state index contributed by atoms with van der Waals surface area (Å²) in [5.74, 6) is -1.32. The lowest BCUT2D eigenvalue weighted by Gasteiger charge is -2.06. The SMILES string of the molecule is N#Cc1ccc(Nc2ccc(F)cc2F)cn1. The van der Waals surface area contributed by atoms with Gasteiger partial charge in [-0.1, -0.05) is 0 Å². The molecule has 0 saturated heterocycles. The highest BCUT2D eigenvalue weighted by Crippen LogP contribution is 2.19. The number of pyridine rings is 1. The molecule has 1 aromatic heterocycles. The van der Waals surface area contributed by atoms with Crippen LogP contribution in [-0.2, 0) is 0 Å². The van der Waals surface area contributed by atoms with E-state index in [4.69, 9.17) is 5.26 Å². The summed E-state index contributed by atoms with van der Waals surface area (Å²) in [5, 5.41) is 11.3. The average molecular weight is 231 g/mol. The minimum Gasteiger partial charge on any atom is -0.352 e. The van der Waals surface area contributed by atoms with Crippen molar-refractivity contribution in [2.75, 3.05) is 5.32 Å². The Morgan fingerprint density at radius 3 is 2.59 bits per heavy atom. The molecule has 84 valence electrons. The number of aromatic nitrogens is 1. The maximum atomic E-state index is 13.3. The summed E-state index contributed by atoms with van der Waals surface area (Å²) in [6.07, 6.45) is 1.40. The minimum absolute atomic E-state index is 0.151. The van der Waals surface area contributed by atoms with Gasteiger partial charge in [0.05, 0.1) is 17.6 Å². The maximum Gasteiger partial charge on any atom is 0.149 e. The monoisotopic (exact) mass is 231 g/mol. The van der Waals surface area contributed by atoms with Crippen molar-refractivity contribution in [3.63, 3.8) is 0 Å². The molecule has 0 amide bonds. The third-order valence-corrected chi connectivity index (χ3v) is 2.09. The Morgan fingerprint density at radius 2 is 2.00 bits per heavy atom. The van der Waals surface area contributed by atoms with Crippen molar-refractivity contribution in [1.29, 1.82) is 5.26 Å². The summed E-state index contributed by atoms with van der Waals surface area (Å²) in [4.78, 5) is 3.82. The van der Waals surface area contributed by atoms with Crippen LogP contribution in [0.25, 0.3) is 0 Å².